The third-order valence-electron chi connectivity index (χ3n) is 3.61. The quantitative estimate of drug-likeness (QED) is 0.755. The molecule has 0 aliphatic carbocycles. The van der Waals surface area contributed by atoms with Gasteiger partial charge in [-0.1, -0.05) is 13.8 Å². The summed E-state index contributed by atoms with van der Waals surface area (Å²) in [5.74, 6) is 0.231. The fourth-order valence-electron chi connectivity index (χ4n) is 2.27. The highest BCUT2D eigenvalue weighted by Crippen LogP contribution is 2.19. The Morgan fingerprint density at radius 1 is 1.50 bits per heavy atom. The fraction of sp³-hybridized carbons (Fsp3) is 0.929. The molecule has 4 nitrogen and oxygen atoms in total. The molecule has 0 aromatic carbocycles. The van der Waals surface area contributed by atoms with E-state index >= 15 is 0 Å². The SMILES string of the molecule is CCN(CC(C)(C)CN)C(=O)CCC1CCCO1. The molecular formula is C14H28N2O2. The summed E-state index contributed by atoms with van der Waals surface area (Å²) in [4.78, 5) is 14.1. The maximum absolute atomic E-state index is 12.2. The highest BCUT2D eigenvalue weighted by molar-refractivity contribution is 5.76. The van der Waals surface area contributed by atoms with Crippen molar-refractivity contribution in [2.45, 2.75) is 52.6 Å². The van der Waals surface area contributed by atoms with Gasteiger partial charge in [0.1, 0.15) is 0 Å². The summed E-state index contributed by atoms with van der Waals surface area (Å²) < 4.78 is 5.55. The zero-order valence-corrected chi connectivity index (χ0v) is 12.1. The first-order valence-electron chi connectivity index (χ1n) is 7.08. The zero-order valence-electron chi connectivity index (χ0n) is 12.1. The molecule has 1 heterocycles. The van der Waals surface area contributed by atoms with E-state index in [9.17, 15) is 4.79 Å². The van der Waals surface area contributed by atoms with E-state index in [0.29, 0.717) is 19.1 Å². The minimum atomic E-state index is -0.00444. The number of hydrogen-bond donors (Lipinski definition) is 1. The summed E-state index contributed by atoms with van der Waals surface area (Å²) >= 11 is 0. The van der Waals surface area contributed by atoms with Gasteiger partial charge in [-0.2, -0.15) is 0 Å². The van der Waals surface area contributed by atoms with Crippen molar-refractivity contribution in [1.82, 2.24) is 4.90 Å². The molecule has 2 N–H and O–H groups in total. The van der Waals surface area contributed by atoms with Gasteiger partial charge in [-0.15, -0.1) is 0 Å². The molecule has 1 saturated heterocycles. The minimum absolute atomic E-state index is 0.00444. The van der Waals surface area contributed by atoms with Gasteiger partial charge in [0.15, 0.2) is 0 Å². The van der Waals surface area contributed by atoms with E-state index in [-0.39, 0.29) is 11.3 Å². The molecule has 4 heteroatoms. The number of amides is 1. The lowest BCUT2D eigenvalue weighted by atomic mass is 9.93. The van der Waals surface area contributed by atoms with Gasteiger partial charge in [-0.3, -0.25) is 4.79 Å². The Morgan fingerprint density at radius 3 is 2.72 bits per heavy atom. The van der Waals surface area contributed by atoms with E-state index in [2.05, 4.69) is 13.8 Å². The van der Waals surface area contributed by atoms with Gasteiger partial charge >= 0.3 is 0 Å². The lowest BCUT2D eigenvalue weighted by Gasteiger charge is -2.31. The van der Waals surface area contributed by atoms with E-state index < -0.39 is 0 Å². The van der Waals surface area contributed by atoms with Gasteiger partial charge in [-0.05, 0) is 38.1 Å². The predicted octanol–water partition coefficient (Wildman–Crippen LogP) is 1.78. The van der Waals surface area contributed by atoms with Gasteiger partial charge in [0.2, 0.25) is 5.91 Å². The molecule has 18 heavy (non-hydrogen) atoms. The summed E-state index contributed by atoms with van der Waals surface area (Å²) in [7, 11) is 0. The average Bonchev–Trinajstić information content (AvgIpc) is 2.86. The number of nitrogens with zero attached hydrogens (tertiary/aromatic N) is 1. The van der Waals surface area contributed by atoms with Crippen LogP contribution in [-0.2, 0) is 9.53 Å². The van der Waals surface area contributed by atoms with E-state index in [1.54, 1.807) is 0 Å². The van der Waals surface area contributed by atoms with Gasteiger partial charge < -0.3 is 15.4 Å². The van der Waals surface area contributed by atoms with Crippen LogP contribution in [0.2, 0.25) is 0 Å². The van der Waals surface area contributed by atoms with Crippen LogP contribution < -0.4 is 5.73 Å². The predicted molar refractivity (Wildman–Crippen MR) is 73.3 cm³/mol. The molecule has 1 atom stereocenters. The van der Waals surface area contributed by atoms with Crippen LogP contribution in [0.3, 0.4) is 0 Å². The van der Waals surface area contributed by atoms with Crippen molar-refractivity contribution in [1.29, 1.82) is 0 Å². The third kappa shape index (κ3) is 4.94. The Balaban J connectivity index is 2.36. The van der Waals surface area contributed by atoms with Crippen molar-refractivity contribution < 1.29 is 9.53 Å². The van der Waals surface area contributed by atoms with E-state index in [4.69, 9.17) is 10.5 Å². The average molecular weight is 256 g/mol. The first-order valence-corrected chi connectivity index (χ1v) is 7.08. The second kappa shape index (κ2) is 7.10. The maximum Gasteiger partial charge on any atom is 0.222 e. The van der Waals surface area contributed by atoms with Crippen molar-refractivity contribution in [2.75, 3.05) is 26.2 Å². The molecule has 1 fully saturated rings. The third-order valence-corrected chi connectivity index (χ3v) is 3.61. The Kier molecular flexibility index (Phi) is 6.09. The molecule has 1 rings (SSSR count). The van der Waals surface area contributed by atoms with Crippen LogP contribution in [0.4, 0.5) is 0 Å². The molecule has 1 unspecified atom stereocenters. The van der Waals surface area contributed by atoms with Crippen LogP contribution >= 0.6 is 0 Å². The summed E-state index contributed by atoms with van der Waals surface area (Å²) in [6, 6.07) is 0. The molecule has 1 aliphatic rings. The van der Waals surface area contributed by atoms with Crippen molar-refractivity contribution >= 4 is 5.91 Å². The highest BCUT2D eigenvalue weighted by atomic mass is 16.5. The number of nitrogens with two attached hydrogens (primary N) is 1. The topological polar surface area (TPSA) is 55.6 Å². The Morgan fingerprint density at radius 2 is 2.22 bits per heavy atom. The van der Waals surface area contributed by atoms with Crippen LogP contribution in [0.1, 0.15) is 46.5 Å². The van der Waals surface area contributed by atoms with E-state index in [1.165, 1.54) is 0 Å². The second-order valence-corrected chi connectivity index (χ2v) is 5.95. The Hall–Kier alpha value is -0.610. The standard InChI is InChI=1S/C14H28N2O2/c1-4-16(11-14(2,3)10-15)13(17)8-7-12-6-5-9-18-12/h12H,4-11,15H2,1-3H3. The summed E-state index contributed by atoms with van der Waals surface area (Å²) in [6.45, 7) is 9.18. The summed E-state index contributed by atoms with van der Waals surface area (Å²) in [6.07, 6.45) is 4.00. The highest BCUT2D eigenvalue weighted by Gasteiger charge is 2.24. The monoisotopic (exact) mass is 256 g/mol. The van der Waals surface area contributed by atoms with E-state index in [1.807, 2.05) is 11.8 Å². The maximum atomic E-state index is 12.2. The van der Waals surface area contributed by atoms with E-state index in [0.717, 1.165) is 39.0 Å². The fourth-order valence-corrected chi connectivity index (χ4v) is 2.27. The van der Waals surface area contributed by atoms with Gasteiger partial charge in [0.05, 0.1) is 6.10 Å². The lowest BCUT2D eigenvalue weighted by molar-refractivity contribution is -0.133. The van der Waals surface area contributed by atoms with Crippen molar-refractivity contribution in [3.63, 3.8) is 0 Å². The summed E-state index contributed by atoms with van der Waals surface area (Å²) in [5, 5.41) is 0. The number of hydrogen-bond acceptors (Lipinski definition) is 3. The number of carbonyl (C=O) groups excluding carboxylic acids is 1. The lowest BCUT2D eigenvalue weighted by Crippen LogP contribution is -2.42. The van der Waals surface area contributed by atoms with Crippen molar-refractivity contribution in [3.05, 3.63) is 0 Å². The number of ether oxygens (including phenoxy) is 1. The van der Waals surface area contributed by atoms with Crippen LogP contribution in [-0.4, -0.2) is 43.2 Å². The molecule has 0 saturated carbocycles. The molecule has 1 amide bonds. The first-order chi connectivity index (χ1) is 8.48. The van der Waals surface area contributed by atoms with Gasteiger partial charge in [-0.25, -0.2) is 0 Å². The largest absolute Gasteiger partial charge is 0.378 e. The Labute approximate surface area is 111 Å². The van der Waals surface area contributed by atoms with Crippen LogP contribution in [0.5, 0.6) is 0 Å². The van der Waals surface area contributed by atoms with Crippen LogP contribution in [0, 0.1) is 5.41 Å². The molecule has 0 spiro atoms. The molecule has 0 radical (unpaired) electrons. The number of rotatable bonds is 7. The minimum Gasteiger partial charge on any atom is -0.378 e. The molecule has 0 aromatic rings. The van der Waals surface area contributed by atoms with Gasteiger partial charge in [0.25, 0.3) is 0 Å². The molecule has 0 bridgehead atoms. The first kappa shape index (κ1) is 15.4. The van der Waals surface area contributed by atoms with Crippen molar-refractivity contribution in [2.24, 2.45) is 11.1 Å². The van der Waals surface area contributed by atoms with Gasteiger partial charge in [0, 0.05) is 26.1 Å². The molecular weight excluding hydrogens is 228 g/mol. The zero-order chi connectivity index (χ0) is 13.6. The Bertz CT molecular complexity index is 261. The normalized spacial score (nSPS) is 20.1. The summed E-state index contributed by atoms with van der Waals surface area (Å²) in [5.41, 5.74) is 5.72. The van der Waals surface area contributed by atoms with Crippen molar-refractivity contribution in [3.8, 4) is 0 Å². The smallest absolute Gasteiger partial charge is 0.222 e. The van der Waals surface area contributed by atoms with Crippen LogP contribution in [0.15, 0.2) is 0 Å². The van der Waals surface area contributed by atoms with Crippen LogP contribution in [0.25, 0.3) is 0 Å². The molecule has 0 aromatic heterocycles. The molecule has 1 aliphatic heterocycles. The second-order valence-electron chi connectivity index (χ2n) is 5.95. The number of carbonyl (C=O) groups is 1. The molecule has 106 valence electrons.